The first kappa shape index (κ1) is 17.5. The van der Waals surface area contributed by atoms with E-state index < -0.39 is 29.4 Å². The van der Waals surface area contributed by atoms with E-state index in [0.29, 0.717) is 6.54 Å². The second-order valence-corrected chi connectivity index (χ2v) is 6.33. The van der Waals surface area contributed by atoms with Crippen LogP contribution in [0, 0.1) is 24.4 Å². The van der Waals surface area contributed by atoms with Crippen LogP contribution in [0.5, 0.6) is 0 Å². The van der Waals surface area contributed by atoms with Crippen LogP contribution in [0.1, 0.15) is 17.4 Å². The molecule has 1 heterocycles. The van der Waals surface area contributed by atoms with Crippen molar-refractivity contribution >= 4 is 22.9 Å². The first-order valence-corrected chi connectivity index (χ1v) is 7.86. The Balaban J connectivity index is 2.05. The highest BCUT2D eigenvalue weighted by molar-refractivity contribution is 7.10. The summed E-state index contributed by atoms with van der Waals surface area (Å²) >= 11 is 1.59. The van der Waals surface area contributed by atoms with E-state index in [9.17, 15) is 18.0 Å². The highest BCUT2D eigenvalue weighted by Gasteiger charge is 2.22. The Morgan fingerprint density at radius 2 is 1.96 bits per heavy atom. The van der Waals surface area contributed by atoms with Crippen LogP contribution < -0.4 is 5.32 Å². The SMILES string of the molecule is Cc1ccsc1CN(C)C(C)C(=O)Nc1ccc(F)c(F)c1F. The molecule has 1 atom stereocenters. The van der Waals surface area contributed by atoms with Crippen molar-refractivity contribution in [2.75, 3.05) is 12.4 Å². The summed E-state index contributed by atoms with van der Waals surface area (Å²) in [5, 5.41) is 4.27. The molecule has 2 rings (SSSR count). The van der Waals surface area contributed by atoms with Gasteiger partial charge in [0.05, 0.1) is 11.7 Å². The lowest BCUT2D eigenvalue weighted by atomic mass is 10.2. The summed E-state index contributed by atoms with van der Waals surface area (Å²) in [6, 6.07) is 3.21. The number of hydrogen-bond acceptors (Lipinski definition) is 3. The van der Waals surface area contributed by atoms with E-state index in [1.54, 1.807) is 30.2 Å². The van der Waals surface area contributed by atoms with Gasteiger partial charge in [-0.1, -0.05) is 0 Å². The van der Waals surface area contributed by atoms with E-state index in [1.165, 1.54) is 0 Å². The van der Waals surface area contributed by atoms with E-state index >= 15 is 0 Å². The molecular formula is C16H17F3N2OS. The Labute approximate surface area is 136 Å². The van der Waals surface area contributed by atoms with Gasteiger partial charge in [-0.15, -0.1) is 11.3 Å². The summed E-state index contributed by atoms with van der Waals surface area (Å²) in [6.45, 7) is 4.22. The van der Waals surface area contributed by atoms with Gasteiger partial charge in [0.2, 0.25) is 5.91 Å². The average Bonchev–Trinajstić information content (AvgIpc) is 2.92. The number of aryl methyl sites for hydroxylation is 1. The van der Waals surface area contributed by atoms with Crippen LogP contribution in [0.3, 0.4) is 0 Å². The van der Waals surface area contributed by atoms with Gasteiger partial charge >= 0.3 is 0 Å². The number of halogens is 3. The topological polar surface area (TPSA) is 32.3 Å². The van der Waals surface area contributed by atoms with Crippen LogP contribution in [0.15, 0.2) is 23.6 Å². The average molecular weight is 342 g/mol. The maximum absolute atomic E-state index is 13.6. The van der Waals surface area contributed by atoms with Crippen LogP contribution in [0.25, 0.3) is 0 Å². The summed E-state index contributed by atoms with van der Waals surface area (Å²) in [6.07, 6.45) is 0. The van der Waals surface area contributed by atoms with E-state index in [4.69, 9.17) is 0 Å². The van der Waals surface area contributed by atoms with Crippen molar-refractivity contribution in [1.29, 1.82) is 0 Å². The van der Waals surface area contributed by atoms with Crippen molar-refractivity contribution in [3.8, 4) is 0 Å². The van der Waals surface area contributed by atoms with Crippen molar-refractivity contribution < 1.29 is 18.0 Å². The second kappa shape index (κ2) is 7.14. The van der Waals surface area contributed by atoms with Crippen LogP contribution >= 0.6 is 11.3 Å². The van der Waals surface area contributed by atoms with Crippen molar-refractivity contribution in [3.63, 3.8) is 0 Å². The molecule has 0 saturated carbocycles. The lowest BCUT2D eigenvalue weighted by Gasteiger charge is -2.23. The summed E-state index contributed by atoms with van der Waals surface area (Å²) in [5.74, 6) is -4.79. The number of likely N-dealkylation sites (N-methyl/N-ethyl adjacent to an activating group) is 1. The van der Waals surface area contributed by atoms with Gasteiger partial charge < -0.3 is 5.32 Å². The summed E-state index contributed by atoms with van der Waals surface area (Å²) in [5.41, 5.74) is 0.766. The van der Waals surface area contributed by atoms with Gasteiger partial charge in [-0.2, -0.15) is 0 Å². The number of hydrogen-bond donors (Lipinski definition) is 1. The number of benzene rings is 1. The van der Waals surface area contributed by atoms with Gasteiger partial charge in [0.1, 0.15) is 0 Å². The first-order chi connectivity index (χ1) is 10.8. The molecular weight excluding hydrogens is 325 g/mol. The number of nitrogens with zero attached hydrogens (tertiary/aromatic N) is 1. The minimum Gasteiger partial charge on any atom is -0.322 e. The van der Waals surface area contributed by atoms with Gasteiger partial charge in [-0.05, 0) is 50.0 Å². The third-order valence-electron chi connectivity index (χ3n) is 3.69. The lowest BCUT2D eigenvalue weighted by molar-refractivity contribution is -0.120. The fourth-order valence-corrected chi connectivity index (χ4v) is 2.96. The number of carbonyl (C=O) groups excluding carboxylic acids is 1. The van der Waals surface area contributed by atoms with Crippen molar-refractivity contribution in [2.45, 2.75) is 26.4 Å². The van der Waals surface area contributed by atoms with E-state index in [1.807, 2.05) is 18.4 Å². The van der Waals surface area contributed by atoms with E-state index in [2.05, 4.69) is 5.32 Å². The molecule has 2 aromatic rings. The molecule has 1 unspecified atom stereocenters. The van der Waals surface area contributed by atoms with Crippen LogP contribution in [0.4, 0.5) is 18.9 Å². The molecule has 1 amide bonds. The zero-order chi connectivity index (χ0) is 17.1. The van der Waals surface area contributed by atoms with Gasteiger partial charge in [0.25, 0.3) is 0 Å². The quantitative estimate of drug-likeness (QED) is 0.835. The van der Waals surface area contributed by atoms with Gasteiger partial charge in [-0.25, -0.2) is 13.2 Å². The fourth-order valence-electron chi connectivity index (χ4n) is 1.99. The van der Waals surface area contributed by atoms with Gasteiger partial charge in [-0.3, -0.25) is 9.69 Å². The lowest BCUT2D eigenvalue weighted by Crippen LogP contribution is -2.39. The normalized spacial score (nSPS) is 12.5. The molecule has 0 bridgehead atoms. The molecule has 7 heteroatoms. The predicted molar refractivity (Wildman–Crippen MR) is 84.9 cm³/mol. The number of rotatable bonds is 5. The molecule has 0 saturated heterocycles. The molecule has 0 spiro atoms. The monoisotopic (exact) mass is 342 g/mol. The molecule has 1 aromatic heterocycles. The number of amides is 1. The third-order valence-corrected chi connectivity index (χ3v) is 4.70. The van der Waals surface area contributed by atoms with Crippen molar-refractivity contribution in [3.05, 3.63) is 51.5 Å². The summed E-state index contributed by atoms with van der Waals surface area (Å²) in [7, 11) is 1.77. The second-order valence-electron chi connectivity index (χ2n) is 5.33. The Hall–Kier alpha value is -1.86. The van der Waals surface area contributed by atoms with Crippen molar-refractivity contribution in [1.82, 2.24) is 4.90 Å². The summed E-state index contributed by atoms with van der Waals surface area (Å²) in [4.78, 5) is 15.1. The molecule has 0 aliphatic heterocycles. The molecule has 1 aromatic carbocycles. The Morgan fingerprint density at radius 3 is 2.57 bits per heavy atom. The number of thiophene rings is 1. The molecule has 1 N–H and O–H groups in total. The fraction of sp³-hybridized carbons (Fsp3) is 0.312. The van der Waals surface area contributed by atoms with Gasteiger partial charge in [0, 0.05) is 11.4 Å². The molecule has 0 aliphatic carbocycles. The van der Waals surface area contributed by atoms with Gasteiger partial charge in [0.15, 0.2) is 17.5 Å². The maximum atomic E-state index is 13.6. The Kier molecular flexibility index (Phi) is 5.43. The number of nitrogens with one attached hydrogen (secondary N) is 1. The zero-order valence-corrected chi connectivity index (χ0v) is 13.8. The van der Waals surface area contributed by atoms with E-state index in [-0.39, 0.29) is 5.69 Å². The first-order valence-electron chi connectivity index (χ1n) is 6.98. The summed E-state index contributed by atoms with van der Waals surface area (Å²) < 4.78 is 39.7. The highest BCUT2D eigenvalue weighted by Crippen LogP contribution is 2.21. The van der Waals surface area contributed by atoms with E-state index in [0.717, 1.165) is 22.6 Å². The molecule has 0 fully saturated rings. The maximum Gasteiger partial charge on any atom is 0.241 e. The molecule has 23 heavy (non-hydrogen) atoms. The van der Waals surface area contributed by atoms with Crippen LogP contribution in [-0.2, 0) is 11.3 Å². The third kappa shape index (κ3) is 3.92. The Bertz CT molecular complexity index is 717. The minimum absolute atomic E-state index is 0.374. The minimum atomic E-state index is -1.60. The molecule has 0 radical (unpaired) electrons. The standard InChI is InChI=1S/C16H17F3N2OS/c1-9-6-7-23-13(9)8-21(3)10(2)16(22)20-12-5-4-11(17)14(18)15(12)19/h4-7,10H,8H2,1-3H3,(H,20,22). The molecule has 0 aliphatic rings. The predicted octanol–water partition coefficient (Wildman–Crippen LogP) is 3.93. The molecule has 3 nitrogen and oxygen atoms in total. The smallest absolute Gasteiger partial charge is 0.241 e. The highest BCUT2D eigenvalue weighted by atomic mass is 32.1. The van der Waals surface area contributed by atoms with Crippen LogP contribution in [-0.4, -0.2) is 23.9 Å². The number of anilines is 1. The molecule has 124 valence electrons. The Morgan fingerprint density at radius 1 is 1.26 bits per heavy atom. The van der Waals surface area contributed by atoms with Crippen molar-refractivity contribution in [2.24, 2.45) is 0 Å². The zero-order valence-electron chi connectivity index (χ0n) is 13.0. The largest absolute Gasteiger partial charge is 0.322 e. The number of carbonyl (C=O) groups is 1. The van der Waals surface area contributed by atoms with Crippen LogP contribution in [0.2, 0.25) is 0 Å².